The number of aromatic nitrogens is 2. The molecule has 0 aliphatic rings. The van der Waals surface area contributed by atoms with E-state index in [4.69, 9.17) is 8.92 Å². The van der Waals surface area contributed by atoms with Crippen LogP contribution in [0.2, 0.25) is 0 Å². The van der Waals surface area contributed by atoms with Crippen molar-refractivity contribution in [3.05, 3.63) is 87.2 Å². The lowest BCUT2D eigenvalue weighted by Crippen LogP contribution is -2.39. The molecule has 0 bridgehead atoms. The van der Waals surface area contributed by atoms with Crippen LogP contribution >= 0.6 is 0 Å². The fraction of sp³-hybridized carbons (Fsp3) is 0.158. The zero-order valence-corrected chi connectivity index (χ0v) is 16.0. The van der Waals surface area contributed by atoms with Gasteiger partial charge in [-0.25, -0.2) is 4.79 Å². The minimum absolute atomic E-state index is 0.0166. The summed E-state index contributed by atoms with van der Waals surface area (Å²) in [6.07, 6.45) is 0.942. The second-order valence-electron chi connectivity index (χ2n) is 6.03. The van der Waals surface area contributed by atoms with Crippen molar-refractivity contribution in [2.45, 2.75) is 11.5 Å². The van der Waals surface area contributed by atoms with Crippen LogP contribution in [0.1, 0.15) is 5.56 Å². The van der Waals surface area contributed by atoms with Gasteiger partial charge in [0.25, 0.3) is 5.56 Å². The van der Waals surface area contributed by atoms with Crippen LogP contribution < -0.4 is 20.2 Å². The smallest absolute Gasteiger partial charge is 0.346 e. The SMILES string of the molecule is Cn1cc(S(=O)(=O)Oc2ccc(OCc3ccccc3)cc2)c(=O)n(C)c1=O. The first-order chi connectivity index (χ1) is 13.3. The molecule has 9 heteroatoms. The summed E-state index contributed by atoms with van der Waals surface area (Å²) in [7, 11) is -1.86. The second-order valence-corrected chi connectivity index (χ2v) is 7.55. The summed E-state index contributed by atoms with van der Waals surface area (Å²) in [4.78, 5) is 23.2. The molecular weight excluding hydrogens is 384 g/mol. The van der Waals surface area contributed by atoms with Crippen LogP contribution in [-0.2, 0) is 30.8 Å². The predicted molar refractivity (Wildman–Crippen MR) is 102 cm³/mol. The highest BCUT2D eigenvalue weighted by Crippen LogP contribution is 2.21. The van der Waals surface area contributed by atoms with Gasteiger partial charge in [0.2, 0.25) is 0 Å². The molecule has 3 rings (SSSR count). The maximum Gasteiger partial charge on any atom is 0.346 e. The summed E-state index contributed by atoms with van der Waals surface area (Å²) in [6.45, 7) is 0.368. The van der Waals surface area contributed by atoms with Crippen LogP contribution in [0.4, 0.5) is 0 Å². The van der Waals surface area contributed by atoms with E-state index in [1.54, 1.807) is 12.1 Å². The van der Waals surface area contributed by atoms with Gasteiger partial charge in [-0.3, -0.25) is 9.36 Å². The molecule has 8 nitrogen and oxygen atoms in total. The van der Waals surface area contributed by atoms with Crippen molar-refractivity contribution < 1.29 is 17.3 Å². The van der Waals surface area contributed by atoms with Crippen LogP contribution in [-0.4, -0.2) is 17.6 Å². The number of aryl methyl sites for hydroxylation is 1. The van der Waals surface area contributed by atoms with Crippen LogP contribution in [0.25, 0.3) is 0 Å². The van der Waals surface area contributed by atoms with Gasteiger partial charge in [0, 0.05) is 20.3 Å². The Kier molecular flexibility index (Phi) is 5.36. The molecule has 0 spiro atoms. The quantitative estimate of drug-likeness (QED) is 0.579. The Hall–Kier alpha value is -3.33. The highest BCUT2D eigenvalue weighted by atomic mass is 32.2. The standard InChI is InChI=1S/C19H18N2O6S/c1-20-12-17(18(22)21(2)19(20)23)28(24,25)27-16-10-8-15(9-11-16)26-13-14-6-4-3-5-7-14/h3-12H,13H2,1-2H3. The molecule has 0 aliphatic heterocycles. The highest BCUT2D eigenvalue weighted by Gasteiger charge is 2.23. The van der Waals surface area contributed by atoms with Gasteiger partial charge >= 0.3 is 15.8 Å². The van der Waals surface area contributed by atoms with Crippen molar-refractivity contribution in [1.82, 2.24) is 9.13 Å². The molecule has 0 fully saturated rings. The monoisotopic (exact) mass is 402 g/mol. The van der Waals surface area contributed by atoms with E-state index in [1.807, 2.05) is 30.3 Å². The minimum atomic E-state index is -4.41. The molecule has 0 saturated heterocycles. The van der Waals surface area contributed by atoms with Crippen molar-refractivity contribution in [3.8, 4) is 11.5 Å². The molecule has 0 saturated carbocycles. The molecule has 146 valence electrons. The van der Waals surface area contributed by atoms with Gasteiger partial charge in [0.15, 0.2) is 4.90 Å². The van der Waals surface area contributed by atoms with Crippen LogP contribution in [0.5, 0.6) is 11.5 Å². The lowest BCUT2D eigenvalue weighted by atomic mass is 10.2. The maximum absolute atomic E-state index is 12.5. The lowest BCUT2D eigenvalue weighted by Gasteiger charge is -2.10. The number of rotatable bonds is 6. The van der Waals surface area contributed by atoms with Crippen LogP contribution in [0, 0.1) is 0 Å². The number of ether oxygens (including phenoxy) is 1. The van der Waals surface area contributed by atoms with Gasteiger partial charge in [0.05, 0.1) is 0 Å². The summed E-state index contributed by atoms with van der Waals surface area (Å²) in [5, 5.41) is 0. The van der Waals surface area contributed by atoms with Gasteiger partial charge in [-0.1, -0.05) is 30.3 Å². The number of nitrogens with zero attached hydrogens (tertiary/aromatic N) is 2. The third-order valence-electron chi connectivity index (χ3n) is 3.96. The fourth-order valence-electron chi connectivity index (χ4n) is 2.45. The van der Waals surface area contributed by atoms with E-state index in [0.717, 1.165) is 16.3 Å². The molecule has 0 atom stereocenters. The van der Waals surface area contributed by atoms with E-state index in [9.17, 15) is 18.0 Å². The Balaban J connectivity index is 1.76. The third-order valence-corrected chi connectivity index (χ3v) is 5.19. The van der Waals surface area contributed by atoms with Crippen molar-refractivity contribution >= 4 is 10.1 Å². The lowest BCUT2D eigenvalue weighted by molar-refractivity contribution is 0.306. The fourth-order valence-corrected chi connectivity index (χ4v) is 3.54. The largest absolute Gasteiger partial charge is 0.489 e. The molecule has 0 radical (unpaired) electrons. The topological polar surface area (TPSA) is 96.6 Å². The minimum Gasteiger partial charge on any atom is -0.489 e. The molecule has 28 heavy (non-hydrogen) atoms. The van der Waals surface area contributed by atoms with Gasteiger partial charge < -0.3 is 13.5 Å². The van der Waals surface area contributed by atoms with Crippen LogP contribution in [0.3, 0.4) is 0 Å². The van der Waals surface area contributed by atoms with Crippen LogP contribution in [0.15, 0.2) is 75.3 Å². The Labute approximate surface area is 161 Å². The van der Waals surface area contributed by atoms with E-state index < -0.39 is 26.3 Å². The van der Waals surface area contributed by atoms with Gasteiger partial charge in [0.1, 0.15) is 18.1 Å². The van der Waals surface area contributed by atoms with E-state index in [0.29, 0.717) is 16.9 Å². The number of benzene rings is 2. The van der Waals surface area contributed by atoms with Gasteiger partial charge in [-0.05, 0) is 29.8 Å². The first-order valence-corrected chi connectivity index (χ1v) is 9.67. The Morgan fingerprint density at radius 1 is 0.893 bits per heavy atom. The van der Waals surface area contributed by atoms with E-state index in [-0.39, 0.29) is 5.75 Å². The van der Waals surface area contributed by atoms with Gasteiger partial charge in [-0.2, -0.15) is 8.42 Å². The molecule has 1 aromatic heterocycles. The van der Waals surface area contributed by atoms with E-state index in [1.165, 1.54) is 26.2 Å². The van der Waals surface area contributed by atoms with Crippen molar-refractivity contribution in [2.75, 3.05) is 0 Å². The Morgan fingerprint density at radius 3 is 2.14 bits per heavy atom. The van der Waals surface area contributed by atoms with Crippen molar-refractivity contribution in [2.24, 2.45) is 14.1 Å². The molecular formula is C19H18N2O6S. The molecule has 0 aliphatic carbocycles. The third kappa shape index (κ3) is 4.15. The number of hydrogen-bond acceptors (Lipinski definition) is 6. The van der Waals surface area contributed by atoms with Gasteiger partial charge in [-0.15, -0.1) is 0 Å². The van der Waals surface area contributed by atoms with Crippen molar-refractivity contribution in [1.29, 1.82) is 0 Å². The van der Waals surface area contributed by atoms with E-state index in [2.05, 4.69) is 0 Å². The first-order valence-electron chi connectivity index (χ1n) is 8.26. The average Bonchev–Trinajstić information content (AvgIpc) is 2.69. The summed E-state index contributed by atoms with van der Waals surface area (Å²) < 4.78 is 37.3. The van der Waals surface area contributed by atoms with Crippen molar-refractivity contribution in [3.63, 3.8) is 0 Å². The molecule has 0 N–H and O–H groups in total. The Morgan fingerprint density at radius 2 is 1.50 bits per heavy atom. The second kappa shape index (κ2) is 7.73. The normalized spacial score (nSPS) is 11.2. The summed E-state index contributed by atoms with van der Waals surface area (Å²) >= 11 is 0. The molecule has 0 amide bonds. The summed E-state index contributed by atoms with van der Waals surface area (Å²) in [5.74, 6) is 0.551. The zero-order valence-electron chi connectivity index (χ0n) is 15.2. The maximum atomic E-state index is 12.5. The first kappa shape index (κ1) is 19.4. The number of hydrogen-bond donors (Lipinski definition) is 0. The Bertz CT molecular complexity index is 1200. The van der Waals surface area contributed by atoms with E-state index >= 15 is 0 Å². The summed E-state index contributed by atoms with van der Waals surface area (Å²) in [5.41, 5.74) is -0.592. The predicted octanol–water partition coefficient (Wildman–Crippen LogP) is 1.43. The highest BCUT2D eigenvalue weighted by molar-refractivity contribution is 7.87. The zero-order chi connectivity index (χ0) is 20.3. The summed E-state index contributed by atoms with van der Waals surface area (Å²) in [6, 6.07) is 15.5. The molecule has 2 aromatic carbocycles. The average molecular weight is 402 g/mol. The molecule has 0 unspecified atom stereocenters. The molecule has 1 heterocycles. The molecule has 3 aromatic rings.